The first-order chi connectivity index (χ1) is 9.26. The molecule has 0 aliphatic heterocycles. The minimum Gasteiger partial charge on any atom is -0.496 e. The van der Waals surface area contributed by atoms with Crippen molar-refractivity contribution in [1.29, 1.82) is 0 Å². The van der Waals surface area contributed by atoms with Crippen molar-refractivity contribution in [2.24, 2.45) is 0 Å². The molecule has 0 aliphatic rings. The molecule has 0 atom stereocenters. The molecule has 2 rings (SSSR count). The highest BCUT2D eigenvalue weighted by Crippen LogP contribution is 2.34. The molecule has 0 fully saturated rings. The Bertz CT molecular complexity index is 743. The lowest BCUT2D eigenvalue weighted by atomic mass is 10.1. The van der Waals surface area contributed by atoms with Crippen LogP contribution in [0.5, 0.6) is 11.5 Å². The van der Waals surface area contributed by atoms with Crippen LogP contribution in [0.3, 0.4) is 0 Å². The number of hydrogen-bond acceptors (Lipinski definition) is 5. The summed E-state index contributed by atoms with van der Waals surface area (Å²) in [5.74, 6) is -0.177. The van der Waals surface area contributed by atoms with Crippen LogP contribution in [0, 0.1) is 0 Å². The fourth-order valence-corrected chi connectivity index (χ4v) is 2.01. The second kappa shape index (κ2) is 4.82. The van der Waals surface area contributed by atoms with E-state index in [2.05, 4.69) is 9.17 Å². The molecule has 2 aromatic rings. The number of methoxy groups -OCH3 is 1. The summed E-state index contributed by atoms with van der Waals surface area (Å²) in [4.78, 5) is 3.65. The lowest BCUT2D eigenvalue weighted by Gasteiger charge is -2.12. The van der Waals surface area contributed by atoms with Gasteiger partial charge in [0.15, 0.2) is 5.75 Å². The Morgan fingerprint density at radius 3 is 2.40 bits per heavy atom. The summed E-state index contributed by atoms with van der Waals surface area (Å²) in [6.45, 7) is 0. The first-order valence-electron chi connectivity index (χ1n) is 5.18. The molecule has 0 amide bonds. The predicted molar refractivity (Wildman–Crippen MR) is 63.9 cm³/mol. The highest BCUT2D eigenvalue weighted by atomic mass is 32.2. The first kappa shape index (κ1) is 14.4. The monoisotopic (exact) mass is 307 g/mol. The molecule has 0 unspecified atom stereocenters. The molecule has 9 heteroatoms. The zero-order chi connectivity index (χ0) is 15.0. The van der Waals surface area contributed by atoms with Gasteiger partial charge in [-0.15, -0.1) is 0 Å². The summed E-state index contributed by atoms with van der Waals surface area (Å²) in [6, 6.07) is 4.46. The number of rotatable bonds is 3. The Balaban J connectivity index is 2.57. The number of hydrogen-bond donors (Lipinski definition) is 0. The number of benzene rings is 1. The van der Waals surface area contributed by atoms with Crippen molar-refractivity contribution in [3.8, 4) is 11.5 Å². The van der Waals surface area contributed by atoms with Gasteiger partial charge in [0.25, 0.3) is 0 Å². The Morgan fingerprint density at radius 2 is 1.80 bits per heavy atom. The van der Waals surface area contributed by atoms with E-state index in [0.717, 1.165) is 6.20 Å². The van der Waals surface area contributed by atoms with Crippen LogP contribution in [0.2, 0.25) is 0 Å². The van der Waals surface area contributed by atoms with Crippen molar-refractivity contribution in [3.63, 3.8) is 0 Å². The lowest BCUT2D eigenvalue weighted by Crippen LogP contribution is -2.28. The average Bonchev–Trinajstić information content (AvgIpc) is 2.36. The molecule has 1 aromatic carbocycles. The zero-order valence-electron chi connectivity index (χ0n) is 10.0. The summed E-state index contributed by atoms with van der Waals surface area (Å²) in [6.07, 6.45) is 2.23. The van der Waals surface area contributed by atoms with Crippen LogP contribution in [0.25, 0.3) is 10.8 Å². The van der Waals surface area contributed by atoms with Gasteiger partial charge < -0.3 is 8.92 Å². The Kier molecular flexibility index (Phi) is 3.46. The number of ether oxygens (including phenoxy) is 1. The van der Waals surface area contributed by atoms with Crippen LogP contribution < -0.4 is 8.92 Å². The molecule has 0 radical (unpaired) electrons. The smallest absolute Gasteiger partial charge is 0.496 e. The third-order valence-electron chi connectivity index (χ3n) is 2.43. The molecule has 1 aromatic heterocycles. The Morgan fingerprint density at radius 1 is 1.10 bits per heavy atom. The number of alkyl halides is 3. The maximum atomic E-state index is 12.3. The standard InChI is InChI=1S/C11H8F3NO4S/c1-18-9-4-2-3-7-8(9)5-15-6-10(7)19-20(16,17)11(12,13)14/h2-6H,1H3. The second-order valence-corrected chi connectivity index (χ2v) is 5.21. The quantitative estimate of drug-likeness (QED) is 0.644. The van der Waals surface area contributed by atoms with Crippen LogP contribution in [0.4, 0.5) is 13.2 Å². The minimum atomic E-state index is -5.74. The van der Waals surface area contributed by atoms with E-state index in [9.17, 15) is 21.6 Å². The van der Waals surface area contributed by atoms with Crippen molar-refractivity contribution in [3.05, 3.63) is 30.6 Å². The molecule has 0 saturated carbocycles. The number of aromatic nitrogens is 1. The first-order valence-corrected chi connectivity index (χ1v) is 6.58. The molecule has 0 bridgehead atoms. The number of nitrogens with zero attached hydrogens (tertiary/aromatic N) is 1. The summed E-state index contributed by atoms with van der Waals surface area (Å²) in [7, 11) is -4.37. The molecule has 0 N–H and O–H groups in total. The van der Waals surface area contributed by atoms with Crippen molar-refractivity contribution in [1.82, 2.24) is 4.98 Å². The van der Waals surface area contributed by atoms with Gasteiger partial charge in [-0.1, -0.05) is 12.1 Å². The van der Waals surface area contributed by atoms with Crippen molar-refractivity contribution in [2.45, 2.75) is 5.51 Å². The van der Waals surface area contributed by atoms with Crippen LogP contribution in [-0.2, 0) is 10.1 Å². The van der Waals surface area contributed by atoms with E-state index in [0.29, 0.717) is 11.1 Å². The van der Waals surface area contributed by atoms with Gasteiger partial charge >= 0.3 is 15.6 Å². The van der Waals surface area contributed by atoms with E-state index in [-0.39, 0.29) is 5.39 Å². The molecule has 0 aliphatic carbocycles. The fraction of sp³-hybridized carbons (Fsp3) is 0.182. The van der Waals surface area contributed by atoms with Crippen molar-refractivity contribution in [2.75, 3.05) is 7.11 Å². The SMILES string of the molecule is COc1cccc2c(OS(=O)(=O)C(F)(F)F)cncc12. The lowest BCUT2D eigenvalue weighted by molar-refractivity contribution is -0.0499. The summed E-state index contributed by atoms with van der Waals surface area (Å²) in [5, 5.41) is 0.483. The van der Waals surface area contributed by atoms with Gasteiger partial charge in [-0.25, -0.2) is 0 Å². The number of pyridine rings is 1. The molecular formula is C11H8F3NO4S. The van der Waals surface area contributed by atoms with Crippen molar-refractivity contribution >= 4 is 20.9 Å². The van der Waals surface area contributed by atoms with Gasteiger partial charge in [0, 0.05) is 17.0 Å². The normalized spacial score (nSPS) is 12.4. The second-order valence-electron chi connectivity index (χ2n) is 3.68. The van der Waals surface area contributed by atoms with Crippen LogP contribution in [0.1, 0.15) is 0 Å². The highest BCUT2D eigenvalue weighted by Gasteiger charge is 2.48. The number of halogens is 3. The molecule has 0 spiro atoms. The molecule has 20 heavy (non-hydrogen) atoms. The van der Waals surface area contributed by atoms with Crippen LogP contribution in [0.15, 0.2) is 30.6 Å². The van der Waals surface area contributed by atoms with Gasteiger partial charge in [0.2, 0.25) is 0 Å². The van der Waals surface area contributed by atoms with E-state index in [1.54, 1.807) is 6.07 Å². The maximum Gasteiger partial charge on any atom is 0.534 e. The van der Waals surface area contributed by atoms with Crippen molar-refractivity contribution < 1.29 is 30.5 Å². The van der Waals surface area contributed by atoms with E-state index in [1.807, 2.05) is 0 Å². The molecular weight excluding hydrogens is 299 g/mol. The van der Waals surface area contributed by atoms with E-state index in [4.69, 9.17) is 4.74 Å². The molecule has 1 heterocycles. The van der Waals surface area contributed by atoms with Gasteiger partial charge in [-0.3, -0.25) is 4.98 Å². The Hall–Kier alpha value is -2.03. The van der Waals surface area contributed by atoms with Gasteiger partial charge in [-0.05, 0) is 6.07 Å². The van der Waals surface area contributed by atoms with E-state index >= 15 is 0 Å². The van der Waals surface area contributed by atoms with Gasteiger partial charge in [0.1, 0.15) is 5.75 Å². The fourth-order valence-electron chi connectivity index (χ4n) is 1.55. The van der Waals surface area contributed by atoms with Crippen LogP contribution >= 0.6 is 0 Å². The molecule has 5 nitrogen and oxygen atoms in total. The summed E-state index contributed by atoms with van der Waals surface area (Å²) >= 11 is 0. The molecule has 108 valence electrons. The zero-order valence-corrected chi connectivity index (χ0v) is 10.8. The van der Waals surface area contributed by atoms with Gasteiger partial charge in [0.05, 0.1) is 13.3 Å². The predicted octanol–water partition coefficient (Wildman–Crippen LogP) is 2.47. The maximum absolute atomic E-state index is 12.3. The highest BCUT2D eigenvalue weighted by molar-refractivity contribution is 7.88. The third kappa shape index (κ3) is 2.48. The number of fused-ring (bicyclic) bond motifs is 1. The average molecular weight is 307 g/mol. The van der Waals surface area contributed by atoms with Gasteiger partial charge in [-0.2, -0.15) is 21.6 Å². The third-order valence-corrected chi connectivity index (χ3v) is 3.40. The summed E-state index contributed by atoms with van der Waals surface area (Å²) in [5.41, 5.74) is -5.51. The van der Waals surface area contributed by atoms with Crippen LogP contribution in [-0.4, -0.2) is 26.0 Å². The van der Waals surface area contributed by atoms with E-state index < -0.39 is 21.4 Å². The molecule has 0 saturated heterocycles. The summed E-state index contributed by atoms with van der Waals surface area (Å²) < 4.78 is 68.1. The topological polar surface area (TPSA) is 65.5 Å². The minimum absolute atomic E-state index is 0.146. The van der Waals surface area contributed by atoms with E-state index in [1.165, 1.54) is 25.4 Å². The largest absolute Gasteiger partial charge is 0.534 e. The Labute approximate surface area is 112 Å².